The van der Waals surface area contributed by atoms with Crippen LogP contribution in [0.2, 0.25) is 0 Å². The Morgan fingerprint density at radius 2 is 0.912 bits per heavy atom. The second-order valence-electron chi connectivity index (χ2n) is 14.5. The Morgan fingerprint density at radius 1 is 0.351 bits per heavy atom. The van der Waals surface area contributed by atoms with Gasteiger partial charge in [0.15, 0.2) is 5.82 Å². The number of pyridine rings is 1. The quantitative estimate of drug-likeness (QED) is 0.168. The second-order valence-corrected chi connectivity index (χ2v) is 15.0. The molecule has 0 aliphatic carbocycles. The van der Waals surface area contributed by atoms with Gasteiger partial charge in [-0.25, -0.2) is 15.0 Å². The molecule has 12 aromatic rings. The van der Waals surface area contributed by atoms with Crippen LogP contribution in [0.15, 0.2) is 176 Å². The topological polar surface area (TPSA) is 64.5 Å². The van der Waals surface area contributed by atoms with Crippen LogP contribution in [0.1, 0.15) is 0 Å². The SMILES string of the molecule is c1ccc2c(c1)cc(-c1cc(-c3ccc(-c4nc5ccccc5c5c4ccc4nsnc45)cc3)nc(-c3cc4ccccc4c4ccccc34)n1)c1ccccc12. The third-order valence-electron chi connectivity index (χ3n) is 11.3. The van der Waals surface area contributed by atoms with E-state index in [0.717, 1.165) is 88.2 Å². The van der Waals surface area contributed by atoms with Crippen LogP contribution >= 0.6 is 11.7 Å². The monoisotopic (exact) mass is 743 g/mol. The lowest BCUT2D eigenvalue weighted by Gasteiger charge is -2.15. The maximum atomic E-state index is 5.43. The minimum atomic E-state index is 0.689. The van der Waals surface area contributed by atoms with Gasteiger partial charge in [0.05, 0.1) is 34.3 Å². The van der Waals surface area contributed by atoms with E-state index in [1.54, 1.807) is 0 Å². The van der Waals surface area contributed by atoms with Crippen LogP contribution in [0.3, 0.4) is 0 Å². The summed E-state index contributed by atoms with van der Waals surface area (Å²) in [7, 11) is 0. The summed E-state index contributed by atoms with van der Waals surface area (Å²) in [5.41, 5.74) is 9.48. The van der Waals surface area contributed by atoms with E-state index in [9.17, 15) is 0 Å². The molecule has 3 aromatic heterocycles. The first-order chi connectivity index (χ1) is 28.2. The highest BCUT2D eigenvalue weighted by atomic mass is 32.1. The number of fused-ring (bicyclic) bond motifs is 11. The van der Waals surface area contributed by atoms with Crippen molar-refractivity contribution in [1.82, 2.24) is 23.7 Å². The molecule has 57 heavy (non-hydrogen) atoms. The Labute approximate surface area is 330 Å². The zero-order valence-corrected chi connectivity index (χ0v) is 31.2. The smallest absolute Gasteiger partial charge is 0.161 e. The third kappa shape index (κ3) is 5.04. The molecule has 0 saturated heterocycles. The van der Waals surface area contributed by atoms with Gasteiger partial charge in [-0.3, -0.25) is 0 Å². The van der Waals surface area contributed by atoms with Crippen LogP contribution in [0.5, 0.6) is 0 Å². The highest BCUT2D eigenvalue weighted by molar-refractivity contribution is 7.00. The zero-order valence-electron chi connectivity index (χ0n) is 30.4. The Balaban J connectivity index is 1.09. The number of rotatable bonds is 4. The molecule has 0 saturated carbocycles. The molecule has 0 fully saturated rings. The van der Waals surface area contributed by atoms with Gasteiger partial charge in [0, 0.05) is 38.4 Å². The molecular weight excluding hydrogens is 715 g/mol. The maximum absolute atomic E-state index is 5.43. The first-order valence-electron chi connectivity index (χ1n) is 19.0. The first kappa shape index (κ1) is 31.9. The number of benzene rings is 9. The van der Waals surface area contributed by atoms with Crippen LogP contribution in [-0.4, -0.2) is 23.7 Å². The summed E-state index contributed by atoms with van der Waals surface area (Å²) < 4.78 is 9.25. The predicted octanol–water partition coefficient (Wildman–Crippen LogP) is 13.5. The highest BCUT2D eigenvalue weighted by Crippen LogP contribution is 2.40. The minimum absolute atomic E-state index is 0.689. The third-order valence-corrected chi connectivity index (χ3v) is 11.9. The highest BCUT2D eigenvalue weighted by Gasteiger charge is 2.19. The standard InChI is InChI=1S/C51H29N5S/c1-3-13-34-32(11-1)27-42(38-17-7-5-15-36(34)38)47-29-46(53-51(54-47)43-28-33-12-2-4-14-35(33)37-16-6-8-18-39(37)43)30-21-23-31(24-22-30)49-41-25-26-45-50(56-57-55-45)48(41)40-19-9-10-20-44(40)52-49/h1-29H. The van der Waals surface area contributed by atoms with Crippen molar-refractivity contribution in [1.29, 1.82) is 0 Å². The lowest BCUT2D eigenvalue weighted by Crippen LogP contribution is -1.98. The van der Waals surface area contributed by atoms with Crippen LogP contribution in [-0.2, 0) is 0 Å². The van der Waals surface area contributed by atoms with Gasteiger partial charge in [0.25, 0.3) is 0 Å². The fraction of sp³-hybridized carbons (Fsp3) is 0. The van der Waals surface area contributed by atoms with E-state index in [1.807, 2.05) is 12.1 Å². The maximum Gasteiger partial charge on any atom is 0.161 e. The second kappa shape index (κ2) is 12.6. The molecule has 0 aliphatic rings. The lowest BCUT2D eigenvalue weighted by molar-refractivity contribution is 1.19. The van der Waals surface area contributed by atoms with Gasteiger partial charge in [-0.05, 0) is 79.5 Å². The fourth-order valence-electron chi connectivity index (χ4n) is 8.66. The van der Waals surface area contributed by atoms with Crippen molar-refractivity contribution in [2.75, 3.05) is 0 Å². The van der Waals surface area contributed by atoms with Crippen LogP contribution in [0, 0.1) is 0 Å². The molecule has 264 valence electrons. The molecule has 9 aromatic carbocycles. The van der Waals surface area contributed by atoms with Gasteiger partial charge in [-0.15, -0.1) is 0 Å². The first-order valence-corrected chi connectivity index (χ1v) is 19.7. The van der Waals surface area contributed by atoms with Crippen molar-refractivity contribution in [2.45, 2.75) is 0 Å². The average Bonchev–Trinajstić information content (AvgIpc) is 3.78. The Morgan fingerprint density at radius 3 is 1.63 bits per heavy atom. The normalized spacial score (nSPS) is 11.9. The van der Waals surface area contributed by atoms with Gasteiger partial charge in [0.2, 0.25) is 0 Å². The summed E-state index contributed by atoms with van der Waals surface area (Å²) in [6.45, 7) is 0. The van der Waals surface area contributed by atoms with Crippen molar-refractivity contribution < 1.29 is 0 Å². The van der Waals surface area contributed by atoms with Gasteiger partial charge in [0.1, 0.15) is 11.0 Å². The van der Waals surface area contributed by atoms with E-state index in [1.165, 1.54) is 38.7 Å². The largest absolute Gasteiger partial charge is 0.247 e. The van der Waals surface area contributed by atoms with Crippen LogP contribution in [0.4, 0.5) is 0 Å². The van der Waals surface area contributed by atoms with Crippen LogP contribution < -0.4 is 0 Å². The molecule has 0 bridgehead atoms. The van der Waals surface area contributed by atoms with E-state index in [4.69, 9.17) is 19.3 Å². The number of hydrogen-bond donors (Lipinski definition) is 0. The summed E-state index contributed by atoms with van der Waals surface area (Å²) in [5.74, 6) is 0.689. The summed E-state index contributed by atoms with van der Waals surface area (Å²) in [5, 5.41) is 12.7. The molecule has 0 N–H and O–H groups in total. The van der Waals surface area contributed by atoms with E-state index < -0.39 is 0 Å². The van der Waals surface area contributed by atoms with Crippen molar-refractivity contribution in [2.24, 2.45) is 0 Å². The van der Waals surface area contributed by atoms with Crippen molar-refractivity contribution >= 4 is 87.5 Å². The van der Waals surface area contributed by atoms with E-state index >= 15 is 0 Å². The van der Waals surface area contributed by atoms with E-state index in [2.05, 4.69) is 168 Å². The van der Waals surface area contributed by atoms with Crippen molar-refractivity contribution in [3.63, 3.8) is 0 Å². The molecule has 0 atom stereocenters. The van der Waals surface area contributed by atoms with Gasteiger partial charge in [-0.2, -0.15) is 8.75 Å². The molecule has 5 nitrogen and oxygen atoms in total. The van der Waals surface area contributed by atoms with E-state index in [0.29, 0.717) is 5.82 Å². The van der Waals surface area contributed by atoms with Crippen molar-refractivity contribution in [3.05, 3.63) is 176 Å². The zero-order chi connectivity index (χ0) is 37.5. The van der Waals surface area contributed by atoms with Gasteiger partial charge in [-0.1, -0.05) is 140 Å². The minimum Gasteiger partial charge on any atom is -0.247 e. The number of aromatic nitrogens is 5. The fourth-order valence-corrected chi connectivity index (χ4v) is 9.21. The van der Waals surface area contributed by atoms with Crippen LogP contribution in [0.25, 0.3) is 121 Å². The van der Waals surface area contributed by atoms with Crippen molar-refractivity contribution in [3.8, 4) is 45.2 Å². The lowest BCUT2D eigenvalue weighted by atomic mass is 9.94. The Hall–Kier alpha value is -7.41. The predicted molar refractivity (Wildman–Crippen MR) is 238 cm³/mol. The summed E-state index contributed by atoms with van der Waals surface area (Å²) in [6.07, 6.45) is 0. The molecule has 6 heteroatoms. The molecule has 0 unspecified atom stereocenters. The van der Waals surface area contributed by atoms with Gasteiger partial charge >= 0.3 is 0 Å². The molecule has 0 radical (unpaired) electrons. The number of para-hydroxylation sites is 1. The molecular formula is C51H29N5S. The molecule has 3 heterocycles. The number of nitrogens with zero attached hydrogens (tertiary/aromatic N) is 5. The summed E-state index contributed by atoms with van der Waals surface area (Å²) >= 11 is 1.25. The average molecular weight is 744 g/mol. The Kier molecular flexibility index (Phi) is 7.03. The molecule has 0 spiro atoms. The summed E-state index contributed by atoms with van der Waals surface area (Å²) in [4.78, 5) is 16.0. The molecule has 0 aliphatic heterocycles. The molecule has 12 rings (SSSR count). The summed E-state index contributed by atoms with van der Waals surface area (Å²) in [6, 6.07) is 62.2. The molecule has 0 amide bonds. The van der Waals surface area contributed by atoms with Gasteiger partial charge < -0.3 is 0 Å². The number of hydrogen-bond acceptors (Lipinski definition) is 6. The van der Waals surface area contributed by atoms with E-state index in [-0.39, 0.29) is 0 Å². The Bertz CT molecular complexity index is 3450.